The third kappa shape index (κ3) is 4.37. The van der Waals surface area contributed by atoms with E-state index < -0.39 is 0 Å². The minimum absolute atomic E-state index is 0.0978. The topological polar surface area (TPSA) is 70.6 Å². The average molecular weight is 230 g/mol. The zero-order valence-corrected chi connectivity index (χ0v) is 10.0. The molecule has 1 aliphatic rings. The van der Waals surface area contributed by atoms with E-state index in [0.29, 0.717) is 25.5 Å². The largest absolute Gasteiger partial charge is 0.396 e. The van der Waals surface area contributed by atoms with Gasteiger partial charge in [0.15, 0.2) is 0 Å². The maximum absolute atomic E-state index is 11.5. The standard InChI is InChI=1S/C11H22N2O3/c1-8(3-5-14)7-12-11(15)13-10-4-6-16-9(10)2/h8-10,14H,3-7H2,1-2H3,(H2,12,13,15). The number of carbonyl (C=O) groups excluding carboxylic acids is 1. The first-order valence-electron chi connectivity index (χ1n) is 5.90. The van der Waals surface area contributed by atoms with E-state index in [1.165, 1.54) is 0 Å². The molecule has 0 saturated carbocycles. The summed E-state index contributed by atoms with van der Waals surface area (Å²) < 4.78 is 5.35. The van der Waals surface area contributed by atoms with Gasteiger partial charge in [0.1, 0.15) is 0 Å². The molecule has 3 atom stereocenters. The number of nitrogens with one attached hydrogen (secondary N) is 2. The SMILES string of the molecule is CC(CCO)CNC(=O)NC1CCOC1C. The molecule has 1 fully saturated rings. The van der Waals surface area contributed by atoms with Crippen molar-refractivity contribution < 1.29 is 14.6 Å². The van der Waals surface area contributed by atoms with E-state index in [0.717, 1.165) is 6.42 Å². The molecule has 0 aromatic heterocycles. The lowest BCUT2D eigenvalue weighted by atomic mass is 10.1. The summed E-state index contributed by atoms with van der Waals surface area (Å²) in [5, 5.41) is 14.4. The van der Waals surface area contributed by atoms with E-state index in [-0.39, 0.29) is 24.8 Å². The van der Waals surface area contributed by atoms with Crippen molar-refractivity contribution in [1.82, 2.24) is 10.6 Å². The second-order valence-electron chi connectivity index (χ2n) is 4.44. The van der Waals surface area contributed by atoms with Gasteiger partial charge < -0.3 is 20.5 Å². The summed E-state index contributed by atoms with van der Waals surface area (Å²) in [4.78, 5) is 11.5. The van der Waals surface area contributed by atoms with Crippen molar-refractivity contribution in [3.05, 3.63) is 0 Å². The highest BCUT2D eigenvalue weighted by molar-refractivity contribution is 5.74. The normalized spacial score (nSPS) is 26.4. The van der Waals surface area contributed by atoms with Gasteiger partial charge in [0, 0.05) is 19.8 Å². The van der Waals surface area contributed by atoms with Crippen molar-refractivity contribution in [2.75, 3.05) is 19.8 Å². The predicted octanol–water partition coefficient (Wildman–Crippen LogP) is 0.481. The Morgan fingerprint density at radius 2 is 2.38 bits per heavy atom. The van der Waals surface area contributed by atoms with Crippen molar-refractivity contribution >= 4 is 6.03 Å². The molecule has 0 spiro atoms. The van der Waals surface area contributed by atoms with Gasteiger partial charge in [-0.1, -0.05) is 6.92 Å². The van der Waals surface area contributed by atoms with Crippen LogP contribution >= 0.6 is 0 Å². The lowest BCUT2D eigenvalue weighted by Gasteiger charge is -2.17. The van der Waals surface area contributed by atoms with Crippen molar-refractivity contribution in [3.63, 3.8) is 0 Å². The van der Waals surface area contributed by atoms with Crippen molar-refractivity contribution in [3.8, 4) is 0 Å². The Labute approximate surface area is 96.6 Å². The first-order valence-corrected chi connectivity index (χ1v) is 5.90. The van der Waals surface area contributed by atoms with Crippen molar-refractivity contribution in [2.24, 2.45) is 5.92 Å². The maximum atomic E-state index is 11.5. The van der Waals surface area contributed by atoms with Crippen LogP contribution in [-0.4, -0.2) is 43.0 Å². The van der Waals surface area contributed by atoms with Gasteiger partial charge >= 0.3 is 6.03 Å². The minimum Gasteiger partial charge on any atom is -0.396 e. The zero-order chi connectivity index (χ0) is 12.0. The molecule has 0 bridgehead atoms. The second kappa shape index (κ2) is 6.70. The van der Waals surface area contributed by atoms with Gasteiger partial charge in [-0.2, -0.15) is 0 Å². The molecule has 1 saturated heterocycles. The average Bonchev–Trinajstić information content (AvgIpc) is 2.62. The van der Waals surface area contributed by atoms with Crippen molar-refractivity contribution in [2.45, 2.75) is 38.8 Å². The van der Waals surface area contributed by atoms with Crippen molar-refractivity contribution in [1.29, 1.82) is 0 Å². The van der Waals surface area contributed by atoms with Gasteiger partial charge in [-0.05, 0) is 25.7 Å². The smallest absolute Gasteiger partial charge is 0.315 e. The number of ether oxygens (including phenoxy) is 1. The van der Waals surface area contributed by atoms with Crippen LogP contribution in [0.4, 0.5) is 4.79 Å². The molecular formula is C11H22N2O3. The highest BCUT2D eigenvalue weighted by atomic mass is 16.5. The Kier molecular flexibility index (Phi) is 5.55. The fourth-order valence-corrected chi connectivity index (χ4v) is 1.73. The van der Waals surface area contributed by atoms with Gasteiger partial charge in [-0.3, -0.25) is 0 Å². The Hall–Kier alpha value is -0.810. The first kappa shape index (κ1) is 13.3. The van der Waals surface area contributed by atoms with Crippen LogP contribution in [-0.2, 0) is 4.74 Å². The van der Waals surface area contributed by atoms with Crippen LogP contribution in [0.3, 0.4) is 0 Å². The van der Waals surface area contributed by atoms with Crippen LogP contribution in [0.1, 0.15) is 26.7 Å². The number of hydrogen-bond acceptors (Lipinski definition) is 3. The van der Waals surface area contributed by atoms with Crippen LogP contribution in [0.2, 0.25) is 0 Å². The van der Waals surface area contributed by atoms with Gasteiger partial charge in [0.2, 0.25) is 0 Å². The summed E-state index contributed by atoms with van der Waals surface area (Å²) in [5.74, 6) is 0.299. The molecular weight excluding hydrogens is 208 g/mol. The van der Waals surface area contributed by atoms with E-state index in [9.17, 15) is 4.79 Å². The summed E-state index contributed by atoms with van der Waals surface area (Å²) in [6, 6.07) is -0.0275. The highest BCUT2D eigenvalue weighted by Crippen LogP contribution is 2.12. The lowest BCUT2D eigenvalue weighted by Crippen LogP contribution is -2.46. The molecule has 3 unspecified atom stereocenters. The van der Waals surface area contributed by atoms with Crippen LogP contribution in [0, 0.1) is 5.92 Å². The van der Waals surface area contributed by atoms with Gasteiger partial charge in [0.25, 0.3) is 0 Å². The van der Waals surface area contributed by atoms with Crippen LogP contribution in [0.15, 0.2) is 0 Å². The fraction of sp³-hybridized carbons (Fsp3) is 0.909. The molecule has 0 aromatic carbocycles. The highest BCUT2D eigenvalue weighted by Gasteiger charge is 2.25. The Bertz CT molecular complexity index is 223. The summed E-state index contributed by atoms with van der Waals surface area (Å²) >= 11 is 0. The molecule has 3 N–H and O–H groups in total. The fourth-order valence-electron chi connectivity index (χ4n) is 1.73. The number of amides is 2. The summed E-state index contributed by atoms with van der Waals surface area (Å²) in [6.07, 6.45) is 1.69. The van der Waals surface area contributed by atoms with Crippen LogP contribution in [0.25, 0.3) is 0 Å². The van der Waals surface area contributed by atoms with E-state index in [1.54, 1.807) is 0 Å². The Balaban J connectivity index is 2.15. The number of aliphatic hydroxyl groups excluding tert-OH is 1. The van der Waals surface area contributed by atoms with Gasteiger partial charge in [0.05, 0.1) is 12.1 Å². The summed E-state index contributed by atoms with van der Waals surface area (Å²) in [5.41, 5.74) is 0. The predicted molar refractivity (Wildman–Crippen MR) is 61.2 cm³/mol. The molecule has 0 aromatic rings. The van der Waals surface area contributed by atoms with E-state index in [2.05, 4.69) is 10.6 Å². The van der Waals surface area contributed by atoms with Crippen LogP contribution < -0.4 is 10.6 Å². The molecule has 5 nitrogen and oxygen atoms in total. The number of carbonyl (C=O) groups is 1. The molecule has 0 radical (unpaired) electrons. The lowest BCUT2D eigenvalue weighted by molar-refractivity contribution is 0.114. The third-order valence-corrected chi connectivity index (χ3v) is 2.93. The summed E-state index contributed by atoms with van der Waals surface area (Å²) in [6.45, 7) is 5.43. The van der Waals surface area contributed by atoms with Gasteiger partial charge in [-0.15, -0.1) is 0 Å². The summed E-state index contributed by atoms with van der Waals surface area (Å²) in [7, 11) is 0. The zero-order valence-electron chi connectivity index (χ0n) is 10.0. The molecule has 1 heterocycles. The number of urea groups is 1. The quantitative estimate of drug-likeness (QED) is 0.643. The second-order valence-corrected chi connectivity index (χ2v) is 4.44. The Morgan fingerprint density at radius 3 is 2.94 bits per heavy atom. The van der Waals surface area contributed by atoms with Gasteiger partial charge in [-0.25, -0.2) is 4.79 Å². The number of rotatable bonds is 5. The number of aliphatic hydroxyl groups is 1. The Morgan fingerprint density at radius 1 is 1.62 bits per heavy atom. The molecule has 5 heteroatoms. The monoisotopic (exact) mass is 230 g/mol. The molecule has 1 rings (SSSR count). The first-order chi connectivity index (χ1) is 7.63. The van der Waals surface area contributed by atoms with E-state index >= 15 is 0 Å². The number of hydrogen-bond donors (Lipinski definition) is 3. The third-order valence-electron chi connectivity index (χ3n) is 2.93. The van der Waals surface area contributed by atoms with E-state index in [1.807, 2.05) is 13.8 Å². The molecule has 16 heavy (non-hydrogen) atoms. The van der Waals surface area contributed by atoms with Crippen LogP contribution in [0.5, 0.6) is 0 Å². The minimum atomic E-state index is -0.146. The molecule has 1 aliphatic heterocycles. The molecule has 0 aliphatic carbocycles. The molecule has 94 valence electrons. The maximum Gasteiger partial charge on any atom is 0.315 e. The molecule has 2 amide bonds. The van der Waals surface area contributed by atoms with E-state index in [4.69, 9.17) is 9.84 Å².